The third kappa shape index (κ3) is 6.53. The smallest absolute Gasteiger partial charge is 0.308 e. The Balaban J connectivity index is 1.42. The second-order valence-electron chi connectivity index (χ2n) is 14.0. The van der Waals surface area contributed by atoms with E-state index >= 15 is 0 Å². The first-order valence-corrected chi connectivity index (χ1v) is 18.5. The summed E-state index contributed by atoms with van der Waals surface area (Å²) in [5.74, 6) is 0.544. The normalized spacial score (nSPS) is 11.4. The lowest BCUT2D eigenvalue weighted by atomic mass is 9.91. The summed E-state index contributed by atoms with van der Waals surface area (Å²) in [5.41, 5.74) is 10.2. The zero-order chi connectivity index (χ0) is 40.0. The van der Waals surface area contributed by atoms with Crippen molar-refractivity contribution in [3.63, 3.8) is 0 Å². The number of fused-ring (bicyclic) bond motifs is 3. The standard InChI is InChI=1S/C50H30F3N5/c1-31-13-23-46-42(25-31)43-28-38(50(51,52)53)20-24-47(43)58(46)48-40(33-16-14-32(30-54)15-17-33)26-37(27-41(48)34-18-21-39(55-2)22-19-34)45-29-44(35-9-5-3-6-10-35)56-49(57-45)36-11-7-4-8-12-36/h3-29H,1H3. The molecule has 0 saturated carbocycles. The second-order valence-corrected chi connectivity index (χ2v) is 14.0. The van der Waals surface area contributed by atoms with Gasteiger partial charge < -0.3 is 4.57 Å². The van der Waals surface area contributed by atoms with Crippen molar-refractivity contribution in [2.24, 2.45) is 0 Å². The van der Waals surface area contributed by atoms with Crippen molar-refractivity contribution in [3.8, 4) is 67.9 Å². The third-order valence-corrected chi connectivity index (χ3v) is 10.3. The van der Waals surface area contributed by atoms with Crippen LogP contribution in [-0.2, 0) is 6.18 Å². The van der Waals surface area contributed by atoms with E-state index in [9.17, 15) is 18.4 Å². The minimum atomic E-state index is -4.54. The van der Waals surface area contributed by atoms with Gasteiger partial charge in [0.05, 0.1) is 51.9 Å². The van der Waals surface area contributed by atoms with Crippen LogP contribution < -0.4 is 0 Å². The van der Waals surface area contributed by atoms with Crippen LogP contribution >= 0.6 is 0 Å². The lowest BCUT2D eigenvalue weighted by molar-refractivity contribution is -0.137. The minimum Gasteiger partial charge on any atom is -0.308 e. The lowest BCUT2D eigenvalue weighted by Crippen LogP contribution is -2.05. The van der Waals surface area contributed by atoms with Crippen molar-refractivity contribution in [2.75, 3.05) is 0 Å². The number of aromatic nitrogens is 3. The monoisotopic (exact) mass is 757 g/mol. The topological polar surface area (TPSA) is 58.9 Å². The average Bonchev–Trinajstić information content (AvgIpc) is 3.58. The number of halogens is 3. The van der Waals surface area contributed by atoms with Gasteiger partial charge in [-0.25, -0.2) is 14.8 Å². The molecule has 0 fully saturated rings. The highest BCUT2D eigenvalue weighted by atomic mass is 19.4. The number of nitriles is 1. The van der Waals surface area contributed by atoms with E-state index < -0.39 is 11.7 Å². The van der Waals surface area contributed by atoms with Gasteiger partial charge >= 0.3 is 6.18 Å². The molecule has 276 valence electrons. The van der Waals surface area contributed by atoms with E-state index in [0.29, 0.717) is 44.7 Å². The van der Waals surface area contributed by atoms with Crippen LogP contribution in [0.1, 0.15) is 16.7 Å². The Morgan fingerprint density at radius 1 is 0.586 bits per heavy atom. The lowest BCUT2D eigenvalue weighted by Gasteiger charge is -2.21. The first-order chi connectivity index (χ1) is 28.2. The summed E-state index contributed by atoms with van der Waals surface area (Å²) < 4.78 is 44.7. The number of hydrogen-bond acceptors (Lipinski definition) is 3. The molecule has 0 unspecified atom stereocenters. The van der Waals surface area contributed by atoms with E-state index in [0.717, 1.165) is 61.8 Å². The molecule has 7 aromatic carbocycles. The van der Waals surface area contributed by atoms with Gasteiger partial charge in [0.1, 0.15) is 0 Å². The molecule has 5 nitrogen and oxygen atoms in total. The molecule has 0 saturated heterocycles. The summed E-state index contributed by atoms with van der Waals surface area (Å²) in [6, 6.07) is 52.3. The highest BCUT2D eigenvalue weighted by Gasteiger charge is 2.32. The number of alkyl halides is 3. The maximum atomic E-state index is 14.2. The second kappa shape index (κ2) is 14.4. The molecule has 0 atom stereocenters. The van der Waals surface area contributed by atoms with Gasteiger partial charge in [0.15, 0.2) is 11.5 Å². The molecule has 2 heterocycles. The van der Waals surface area contributed by atoms with E-state index in [-0.39, 0.29) is 0 Å². The van der Waals surface area contributed by atoms with Crippen LogP contribution in [0.15, 0.2) is 164 Å². The zero-order valence-corrected chi connectivity index (χ0v) is 31.0. The van der Waals surface area contributed by atoms with Crippen LogP contribution in [0.3, 0.4) is 0 Å². The summed E-state index contributed by atoms with van der Waals surface area (Å²) in [6.07, 6.45) is -4.54. The van der Waals surface area contributed by atoms with Crippen LogP contribution in [0.2, 0.25) is 0 Å². The quantitative estimate of drug-likeness (QED) is 0.159. The fraction of sp³-hybridized carbons (Fsp3) is 0.0400. The molecule has 0 aliphatic carbocycles. The Morgan fingerprint density at radius 2 is 1.14 bits per heavy atom. The summed E-state index contributed by atoms with van der Waals surface area (Å²) in [6.45, 7) is 9.57. The number of benzene rings is 7. The van der Waals surface area contributed by atoms with E-state index in [2.05, 4.69) is 23.0 Å². The summed E-state index contributed by atoms with van der Waals surface area (Å²) in [4.78, 5) is 13.8. The Bertz CT molecular complexity index is 2960. The van der Waals surface area contributed by atoms with Gasteiger partial charge in [-0.05, 0) is 78.7 Å². The highest BCUT2D eigenvalue weighted by molar-refractivity contribution is 6.11. The van der Waals surface area contributed by atoms with Gasteiger partial charge in [-0.2, -0.15) is 18.4 Å². The van der Waals surface area contributed by atoms with Gasteiger partial charge in [-0.1, -0.05) is 109 Å². The molecule has 0 bridgehead atoms. The first kappa shape index (κ1) is 35.9. The maximum absolute atomic E-state index is 14.2. The van der Waals surface area contributed by atoms with Crippen molar-refractivity contribution in [1.82, 2.24) is 14.5 Å². The number of aryl methyl sites for hydroxylation is 1. The third-order valence-electron chi connectivity index (χ3n) is 10.3. The molecule has 9 aromatic rings. The Kier molecular flexibility index (Phi) is 8.88. The highest BCUT2D eigenvalue weighted by Crippen LogP contribution is 2.45. The molecular formula is C50H30F3N5. The van der Waals surface area contributed by atoms with Crippen molar-refractivity contribution in [2.45, 2.75) is 13.1 Å². The Labute approximate surface area is 332 Å². The van der Waals surface area contributed by atoms with Crippen LogP contribution in [0, 0.1) is 24.8 Å². The fourth-order valence-electron chi connectivity index (χ4n) is 7.53. The van der Waals surface area contributed by atoms with Gasteiger partial charge in [-0.15, -0.1) is 0 Å². The molecular weight excluding hydrogens is 728 g/mol. The number of rotatable bonds is 6. The molecule has 58 heavy (non-hydrogen) atoms. The summed E-state index contributed by atoms with van der Waals surface area (Å²) in [5, 5.41) is 10.9. The SMILES string of the molecule is [C-]#[N+]c1ccc(-c2cc(-c3cc(-c4ccccc4)nc(-c4ccccc4)n3)cc(-c3ccc(C#N)cc3)c2-n2c3ccc(C)cc3c3cc(C(F)(F)F)ccc32)cc1. The van der Waals surface area contributed by atoms with Crippen molar-refractivity contribution < 1.29 is 13.2 Å². The average molecular weight is 758 g/mol. The van der Waals surface area contributed by atoms with E-state index in [1.54, 1.807) is 30.3 Å². The molecule has 0 radical (unpaired) electrons. The van der Waals surface area contributed by atoms with Crippen LogP contribution in [0.4, 0.5) is 18.9 Å². The van der Waals surface area contributed by atoms with Crippen LogP contribution in [0.5, 0.6) is 0 Å². The minimum absolute atomic E-state index is 0.466. The first-order valence-electron chi connectivity index (χ1n) is 18.5. The molecule has 0 aliphatic heterocycles. The summed E-state index contributed by atoms with van der Waals surface area (Å²) in [7, 11) is 0. The molecule has 8 heteroatoms. The van der Waals surface area contributed by atoms with Crippen LogP contribution in [0.25, 0.3) is 88.5 Å². The largest absolute Gasteiger partial charge is 0.416 e. The summed E-state index contributed by atoms with van der Waals surface area (Å²) >= 11 is 0. The molecule has 0 amide bonds. The predicted octanol–water partition coefficient (Wildman–Crippen LogP) is 13.7. The van der Waals surface area contributed by atoms with E-state index in [4.69, 9.17) is 16.5 Å². The van der Waals surface area contributed by atoms with E-state index in [1.165, 1.54) is 6.07 Å². The Morgan fingerprint density at radius 3 is 1.72 bits per heavy atom. The zero-order valence-electron chi connectivity index (χ0n) is 31.0. The maximum Gasteiger partial charge on any atom is 0.416 e. The molecule has 0 aliphatic rings. The van der Waals surface area contributed by atoms with Crippen LogP contribution in [-0.4, -0.2) is 14.5 Å². The van der Waals surface area contributed by atoms with Gasteiger partial charge in [-0.3, -0.25) is 0 Å². The molecule has 0 spiro atoms. The van der Waals surface area contributed by atoms with Gasteiger partial charge in [0.2, 0.25) is 0 Å². The molecule has 2 aromatic heterocycles. The molecule has 9 rings (SSSR count). The van der Waals surface area contributed by atoms with E-state index in [1.807, 2.05) is 121 Å². The van der Waals surface area contributed by atoms with Crippen molar-refractivity contribution in [1.29, 1.82) is 5.26 Å². The predicted molar refractivity (Wildman–Crippen MR) is 224 cm³/mol. The number of hydrogen-bond donors (Lipinski definition) is 0. The van der Waals surface area contributed by atoms with Gasteiger partial charge in [0, 0.05) is 38.6 Å². The molecule has 0 N–H and O–H groups in total. The van der Waals surface area contributed by atoms with Gasteiger partial charge in [0.25, 0.3) is 0 Å². The fourth-order valence-corrected chi connectivity index (χ4v) is 7.53. The number of nitrogens with zero attached hydrogens (tertiary/aromatic N) is 5. The Hall–Kier alpha value is -7.81. The van der Waals surface area contributed by atoms with Crippen molar-refractivity contribution in [3.05, 3.63) is 192 Å². The van der Waals surface area contributed by atoms with Crippen molar-refractivity contribution >= 4 is 27.5 Å².